The predicted molar refractivity (Wildman–Crippen MR) is 75.2 cm³/mol. The summed E-state index contributed by atoms with van der Waals surface area (Å²) in [4.78, 5) is 23.6. The van der Waals surface area contributed by atoms with Crippen LogP contribution in [-0.2, 0) is 14.3 Å². The van der Waals surface area contributed by atoms with Gasteiger partial charge < -0.3 is 9.84 Å². The molecule has 1 N–H and O–H groups in total. The monoisotopic (exact) mass is 274 g/mol. The first kappa shape index (κ1) is 14.3. The Balaban J connectivity index is 2.33. The zero-order chi connectivity index (χ0) is 15.0. The summed E-state index contributed by atoms with van der Waals surface area (Å²) in [6, 6.07) is 7.36. The number of hydrogen-bond donors (Lipinski definition) is 1. The molecular formula is C16H18O4. The number of rotatable bonds is 3. The van der Waals surface area contributed by atoms with E-state index in [1.807, 2.05) is 24.3 Å². The largest absolute Gasteiger partial charge is 0.480 e. The average molecular weight is 274 g/mol. The molecule has 0 saturated carbocycles. The van der Waals surface area contributed by atoms with Gasteiger partial charge in [0.05, 0.1) is 6.42 Å². The molecular weight excluding hydrogens is 256 g/mol. The lowest BCUT2D eigenvalue weighted by molar-refractivity contribution is -0.160. The van der Waals surface area contributed by atoms with E-state index in [1.54, 1.807) is 32.9 Å². The third kappa shape index (κ3) is 2.90. The minimum atomic E-state index is -1.31. The van der Waals surface area contributed by atoms with E-state index < -0.39 is 23.0 Å². The van der Waals surface area contributed by atoms with Crippen LogP contribution in [0.15, 0.2) is 24.3 Å². The van der Waals surface area contributed by atoms with Gasteiger partial charge in [-0.25, -0.2) is 0 Å². The van der Waals surface area contributed by atoms with Gasteiger partial charge in [0, 0.05) is 0 Å². The first-order chi connectivity index (χ1) is 9.22. The maximum Gasteiger partial charge on any atom is 0.318 e. The highest BCUT2D eigenvalue weighted by Crippen LogP contribution is 2.30. The summed E-state index contributed by atoms with van der Waals surface area (Å²) in [5, 5.41) is 11.2. The van der Waals surface area contributed by atoms with Crippen molar-refractivity contribution >= 4 is 24.1 Å². The molecule has 0 aromatic heterocycles. The van der Waals surface area contributed by atoms with Gasteiger partial charge in [-0.1, -0.05) is 36.4 Å². The number of carboxylic acids is 1. The van der Waals surface area contributed by atoms with Crippen LogP contribution in [0.2, 0.25) is 0 Å². The van der Waals surface area contributed by atoms with Crippen molar-refractivity contribution in [1.82, 2.24) is 0 Å². The van der Waals surface area contributed by atoms with Crippen molar-refractivity contribution in [3.8, 4) is 0 Å². The molecule has 106 valence electrons. The van der Waals surface area contributed by atoms with Crippen molar-refractivity contribution < 1.29 is 19.4 Å². The molecule has 0 heterocycles. The number of ether oxygens (including phenoxy) is 1. The molecule has 1 aliphatic carbocycles. The maximum atomic E-state index is 11.9. The predicted octanol–water partition coefficient (Wildman–Crippen LogP) is 1.06. The van der Waals surface area contributed by atoms with Gasteiger partial charge in [-0.05, 0) is 31.2 Å². The van der Waals surface area contributed by atoms with Gasteiger partial charge in [-0.3, -0.25) is 9.59 Å². The second kappa shape index (κ2) is 4.78. The highest BCUT2D eigenvalue weighted by molar-refractivity contribution is 5.96. The van der Waals surface area contributed by atoms with Crippen LogP contribution >= 0.6 is 0 Å². The van der Waals surface area contributed by atoms with Crippen LogP contribution in [0, 0.1) is 5.41 Å². The highest BCUT2D eigenvalue weighted by atomic mass is 16.6. The molecule has 0 radical (unpaired) electrons. The summed E-state index contributed by atoms with van der Waals surface area (Å²) in [6.45, 7) is 5.28. The molecule has 4 nitrogen and oxygen atoms in total. The zero-order valence-electron chi connectivity index (χ0n) is 11.8. The summed E-state index contributed by atoms with van der Waals surface area (Å²) >= 11 is 0. The number of hydrogen-bond acceptors (Lipinski definition) is 3. The number of carboxylic acid groups (broad SMARTS) is 1. The fourth-order valence-electron chi connectivity index (χ4n) is 2.29. The maximum absolute atomic E-state index is 11.9. The Bertz CT molecular complexity index is 629. The summed E-state index contributed by atoms with van der Waals surface area (Å²) in [6.07, 6.45) is 3.04. The Kier molecular flexibility index (Phi) is 3.42. The number of carbonyl (C=O) groups excluding carboxylic acids is 1. The lowest BCUT2D eigenvalue weighted by Gasteiger charge is -2.24. The molecule has 2 rings (SSSR count). The SMILES string of the molecule is CC(C)(C)OC(=O)CC1(C(=O)O)C=c2ccccc2=C1. The van der Waals surface area contributed by atoms with Crippen molar-refractivity contribution in [3.63, 3.8) is 0 Å². The van der Waals surface area contributed by atoms with E-state index in [2.05, 4.69) is 0 Å². The minimum absolute atomic E-state index is 0.200. The van der Waals surface area contributed by atoms with E-state index in [0.29, 0.717) is 0 Å². The number of benzene rings is 1. The third-order valence-electron chi connectivity index (χ3n) is 3.08. The molecule has 20 heavy (non-hydrogen) atoms. The Morgan fingerprint density at radius 1 is 1.15 bits per heavy atom. The molecule has 1 aromatic rings. The van der Waals surface area contributed by atoms with E-state index in [-0.39, 0.29) is 6.42 Å². The molecule has 0 fully saturated rings. The fourth-order valence-corrected chi connectivity index (χ4v) is 2.29. The normalized spacial score (nSPS) is 15.8. The average Bonchev–Trinajstić information content (AvgIpc) is 2.65. The van der Waals surface area contributed by atoms with Crippen molar-refractivity contribution in [3.05, 3.63) is 34.7 Å². The first-order valence-electron chi connectivity index (χ1n) is 6.48. The van der Waals surface area contributed by atoms with Crippen molar-refractivity contribution in [2.24, 2.45) is 5.41 Å². The molecule has 0 aliphatic heterocycles. The second-order valence-electron chi connectivity index (χ2n) is 6.03. The van der Waals surface area contributed by atoms with Crippen LogP contribution in [-0.4, -0.2) is 22.6 Å². The number of aliphatic carboxylic acids is 1. The van der Waals surface area contributed by atoms with Crippen molar-refractivity contribution in [2.75, 3.05) is 0 Å². The smallest absolute Gasteiger partial charge is 0.318 e. The van der Waals surface area contributed by atoms with Gasteiger partial charge in [-0.15, -0.1) is 0 Å². The van der Waals surface area contributed by atoms with Crippen LogP contribution < -0.4 is 10.4 Å². The van der Waals surface area contributed by atoms with Gasteiger partial charge in [0.15, 0.2) is 0 Å². The molecule has 4 heteroatoms. The summed E-state index contributed by atoms with van der Waals surface area (Å²) in [7, 11) is 0. The van der Waals surface area contributed by atoms with E-state index in [9.17, 15) is 14.7 Å². The third-order valence-corrected chi connectivity index (χ3v) is 3.08. The van der Waals surface area contributed by atoms with E-state index in [4.69, 9.17) is 4.74 Å². The van der Waals surface area contributed by atoms with Crippen LogP contribution in [0.3, 0.4) is 0 Å². The Morgan fingerprint density at radius 2 is 1.65 bits per heavy atom. The highest BCUT2D eigenvalue weighted by Gasteiger charge is 2.39. The van der Waals surface area contributed by atoms with Crippen LogP contribution in [0.25, 0.3) is 12.2 Å². The minimum Gasteiger partial charge on any atom is -0.480 e. The summed E-state index contributed by atoms with van der Waals surface area (Å²) < 4.78 is 5.23. The fraction of sp³-hybridized carbons (Fsp3) is 0.375. The Morgan fingerprint density at radius 3 is 2.05 bits per heavy atom. The molecule has 0 amide bonds. The summed E-state index contributed by atoms with van der Waals surface area (Å²) in [5.41, 5.74) is -1.94. The molecule has 1 aromatic carbocycles. The molecule has 0 unspecified atom stereocenters. The van der Waals surface area contributed by atoms with Gasteiger partial charge in [0.2, 0.25) is 0 Å². The van der Waals surface area contributed by atoms with Crippen LogP contribution in [0.5, 0.6) is 0 Å². The number of carbonyl (C=O) groups is 2. The summed E-state index contributed by atoms with van der Waals surface area (Å²) in [5.74, 6) is -1.56. The van der Waals surface area contributed by atoms with Gasteiger partial charge in [-0.2, -0.15) is 0 Å². The van der Waals surface area contributed by atoms with Crippen LogP contribution in [0.1, 0.15) is 27.2 Å². The van der Waals surface area contributed by atoms with E-state index in [0.717, 1.165) is 10.4 Å². The first-order valence-corrected chi connectivity index (χ1v) is 6.48. The number of fused-ring (bicyclic) bond motifs is 1. The Hall–Kier alpha value is -2.10. The van der Waals surface area contributed by atoms with E-state index >= 15 is 0 Å². The molecule has 0 bridgehead atoms. The van der Waals surface area contributed by atoms with Crippen LogP contribution in [0.4, 0.5) is 0 Å². The van der Waals surface area contributed by atoms with Gasteiger partial charge in [0.1, 0.15) is 11.0 Å². The Labute approximate surface area is 117 Å². The lowest BCUT2D eigenvalue weighted by atomic mass is 9.86. The van der Waals surface area contributed by atoms with Gasteiger partial charge >= 0.3 is 11.9 Å². The van der Waals surface area contributed by atoms with Crippen molar-refractivity contribution in [2.45, 2.75) is 32.8 Å². The molecule has 0 spiro atoms. The van der Waals surface area contributed by atoms with Crippen molar-refractivity contribution in [1.29, 1.82) is 0 Å². The second-order valence-corrected chi connectivity index (χ2v) is 6.03. The van der Waals surface area contributed by atoms with E-state index in [1.165, 1.54) is 0 Å². The topological polar surface area (TPSA) is 63.6 Å². The zero-order valence-corrected chi connectivity index (χ0v) is 11.8. The molecule has 1 aliphatic rings. The molecule has 0 atom stereocenters. The lowest BCUT2D eigenvalue weighted by Crippen LogP contribution is -2.32. The van der Waals surface area contributed by atoms with Gasteiger partial charge in [0.25, 0.3) is 0 Å². The molecule has 0 saturated heterocycles. The number of esters is 1. The standard InChI is InChI=1S/C16H18O4/c1-15(2,3)20-13(17)10-16(14(18)19)8-11-6-4-5-7-12(11)9-16/h4-9H,10H2,1-3H3,(H,18,19). The quantitative estimate of drug-likeness (QED) is 0.837.